The number of nitrogens with one attached hydrogen (secondary N) is 1. The summed E-state index contributed by atoms with van der Waals surface area (Å²) in [5, 5.41) is 12.4. The van der Waals surface area contributed by atoms with Crippen molar-refractivity contribution < 1.29 is 27.8 Å². The summed E-state index contributed by atoms with van der Waals surface area (Å²) in [5.74, 6) is 0.0594. The maximum Gasteiger partial charge on any atom is 0.422 e. The molecular weight excluding hydrogens is 313 g/mol. The van der Waals surface area contributed by atoms with Gasteiger partial charge in [-0.3, -0.25) is 0 Å². The molecule has 0 unspecified atom stereocenters. The second kappa shape index (κ2) is 7.54. The zero-order chi connectivity index (χ0) is 17.7. The number of carbonyl (C=O) groups is 1. The monoisotopic (exact) mass is 334 g/mol. The lowest BCUT2D eigenvalue weighted by atomic mass is 10.1. The number of halogens is 3. The van der Waals surface area contributed by atoms with Crippen LogP contribution in [0.15, 0.2) is 24.3 Å². The van der Waals surface area contributed by atoms with Crippen LogP contribution >= 0.6 is 0 Å². The highest BCUT2D eigenvalue weighted by molar-refractivity contribution is 5.89. The maximum absolute atomic E-state index is 12.1. The summed E-state index contributed by atoms with van der Waals surface area (Å²) >= 11 is 0. The minimum atomic E-state index is -4.40. The third-order valence-corrected chi connectivity index (χ3v) is 2.75. The first-order valence-electron chi connectivity index (χ1n) is 7.08. The smallest absolute Gasteiger partial charge is 0.422 e. The van der Waals surface area contributed by atoms with Crippen LogP contribution in [0.1, 0.15) is 20.8 Å². The Bertz CT molecular complexity index is 510. The fourth-order valence-electron chi connectivity index (χ4n) is 1.80. The molecule has 0 bridgehead atoms. The molecule has 1 aromatic rings. The van der Waals surface area contributed by atoms with Gasteiger partial charge < -0.3 is 20.1 Å². The van der Waals surface area contributed by atoms with E-state index in [1.807, 2.05) is 0 Å². The van der Waals surface area contributed by atoms with Crippen molar-refractivity contribution in [1.29, 1.82) is 0 Å². The quantitative estimate of drug-likeness (QED) is 0.839. The summed E-state index contributed by atoms with van der Waals surface area (Å²) in [6, 6.07) is 5.17. The fourth-order valence-corrected chi connectivity index (χ4v) is 1.80. The Morgan fingerprint density at radius 1 is 1.26 bits per heavy atom. The van der Waals surface area contributed by atoms with Crippen LogP contribution in [-0.2, 0) is 0 Å². The van der Waals surface area contributed by atoms with E-state index < -0.39 is 24.4 Å². The van der Waals surface area contributed by atoms with Gasteiger partial charge in [0.15, 0.2) is 6.61 Å². The van der Waals surface area contributed by atoms with Crippen LogP contribution in [0.2, 0.25) is 0 Å². The molecule has 2 amide bonds. The molecule has 0 aliphatic carbocycles. The van der Waals surface area contributed by atoms with E-state index in [1.165, 1.54) is 29.2 Å². The minimum absolute atomic E-state index is 0.0594. The van der Waals surface area contributed by atoms with Gasteiger partial charge in [-0.05, 0) is 45.0 Å². The summed E-state index contributed by atoms with van der Waals surface area (Å²) in [4.78, 5) is 13.5. The molecule has 2 N–H and O–H groups in total. The van der Waals surface area contributed by atoms with Gasteiger partial charge in [0.2, 0.25) is 0 Å². The molecular formula is C15H21F3N2O3. The number of hydrogen-bond acceptors (Lipinski definition) is 3. The van der Waals surface area contributed by atoms with Crippen LogP contribution in [0.3, 0.4) is 0 Å². The summed E-state index contributed by atoms with van der Waals surface area (Å²) in [5.41, 5.74) is -0.605. The molecule has 0 aromatic heterocycles. The van der Waals surface area contributed by atoms with E-state index in [9.17, 15) is 23.1 Å². The Balaban J connectivity index is 2.61. The van der Waals surface area contributed by atoms with E-state index in [1.54, 1.807) is 20.8 Å². The number of urea groups is 1. The molecule has 8 heteroatoms. The van der Waals surface area contributed by atoms with Crippen molar-refractivity contribution in [1.82, 2.24) is 4.90 Å². The van der Waals surface area contributed by atoms with E-state index >= 15 is 0 Å². The van der Waals surface area contributed by atoms with Gasteiger partial charge in [0, 0.05) is 12.2 Å². The van der Waals surface area contributed by atoms with Gasteiger partial charge in [-0.1, -0.05) is 0 Å². The first kappa shape index (κ1) is 19.1. The number of carbonyl (C=O) groups excluding carboxylic acids is 1. The van der Waals surface area contributed by atoms with Crippen molar-refractivity contribution in [2.45, 2.75) is 32.5 Å². The van der Waals surface area contributed by atoms with Gasteiger partial charge in [0.05, 0.1) is 12.1 Å². The lowest BCUT2D eigenvalue weighted by Gasteiger charge is -2.28. The SMILES string of the molecule is CCN(CC(C)(C)O)C(=O)Nc1ccc(OCC(F)(F)F)cc1. The molecule has 0 saturated heterocycles. The largest absolute Gasteiger partial charge is 0.484 e. The molecule has 0 fully saturated rings. The van der Waals surface area contributed by atoms with Gasteiger partial charge in [0.1, 0.15) is 5.75 Å². The van der Waals surface area contributed by atoms with Crippen molar-refractivity contribution in [3.63, 3.8) is 0 Å². The third-order valence-electron chi connectivity index (χ3n) is 2.75. The lowest BCUT2D eigenvalue weighted by molar-refractivity contribution is -0.153. The zero-order valence-corrected chi connectivity index (χ0v) is 13.3. The molecule has 0 heterocycles. The van der Waals surface area contributed by atoms with Crippen molar-refractivity contribution in [2.75, 3.05) is 25.0 Å². The first-order chi connectivity index (χ1) is 10.5. The lowest BCUT2D eigenvalue weighted by Crippen LogP contribution is -2.44. The van der Waals surface area contributed by atoms with Crippen LogP contribution in [0.5, 0.6) is 5.75 Å². The topological polar surface area (TPSA) is 61.8 Å². The summed E-state index contributed by atoms with van der Waals surface area (Å²) in [7, 11) is 0. The van der Waals surface area contributed by atoms with E-state index in [4.69, 9.17) is 0 Å². The van der Waals surface area contributed by atoms with E-state index in [-0.39, 0.29) is 12.3 Å². The highest BCUT2D eigenvalue weighted by Crippen LogP contribution is 2.20. The Hall–Kier alpha value is -1.96. The van der Waals surface area contributed by atoms with Gasteiger partial charge in [-0.25, -0.2) is 4.79 Å². The first-order valence-corrected chi connectivity index (χ1v) is 7.08. The molecule has 0 radical (unpaired) electrons. The molecule has 0 aliphatic rings. The van der Waals surface area contributed by atoms with Gasteiger partial charge in [-0.15, -0.1) is 0 Å². The van der Waals surface area contributed by atoms with Crippen LogP contribution in [0, 0.1) is 0 Å². The molecule has 0 spiro atoms. The summed E-state index contributed by atoms with van der Waals surface area (Å²) in [6.07, 6.45) is -4.40. The standard InChI is InChI=1S/C15H21F3N2O3/c1-4-20(9-14(2,3)22)13(21)19-11-5-7-12(8-6-11)23-10-15(16,17)18/h5-8,22H,4,9-10H2,1-3H3,(H,19,21). The van der Waals surface area contributed by atoms with Gasteiger partial charge in [-0.2, -0.15) is 13.2 Å². The number of amides is 2. The normalized spacial score (nSPS) is 12.0. The Labute approximate surface area is 133 Å². The number of anilines is 1. The molecule has 23 heavy (non-hydrogen) atoms. The average Bonchev–Trinajstić information content (AvgIpc) is 2.42. The zero-order valence-electron chi connectivity index (χ0n) is 13.3. The second-order valence-corrected chi connectivity index (χ2v) is 5.68. The predicted octanol–water partition coefficient (Wildman–Crippen LogP) is 3.25. The van der Waals surface area contributed by atoms with Crippen LogP contribution in [0.25, 0.3) is 0 Å². The average molecular weight is 334 g/mol. The number of likely N-dealkylation sites (N-methyl/N-ethyl adjacent to an activating group) is 1. The Morgan fingerprint density at radius 2 is 1.83 bits per heavy atom. The molecule has 5 nitrogen and oxygen atoms in total. The molecule has 0 saturated carbocycles. The molecule has 130 valence electrons. The maximum atomic E-state index is 12.1. The Kier molecular flexibility index (Phi) is 6.26. The van der Waals surface area contributed by atoms with Gasteiger partial charge >= 0.3 is 12.2 Å². The van der Waals surface area contributed by atoms with Crippen LogP contribution < -0.4 is 10.1 Å². The molecule has 0 aliphatic heterocycles. The number of rotatable bonds is 6. The number of nitrogens with zero attached hydrogens (tertiary/aromatic N) is 1. The fraction of sp³-hybridized carbons (Fsp3) is 0.533. The summed E-state index contributed by atoms with van der Waals surface area (Å²) in [6.45, 7) is 4.16. The molecule has 1 rings (SSSR count). The third kappa shape index (κ3) is 7.73. The van der Waals surface area contributed by atoms with Crippen molar-refractivity contribution in [3.8, 4) is 5.75 Å². The molecule has 1 aromatic carbocycles. The van der Waals surface area contributed by atoms with Crippen LogP contribution in [0.4, 0.5) is 23.7 Å². The van der Waals surface area contributed by atoms with Crippen LogP contribution in [-0.4, -0.2) is 47.5 Å². The van der Waals surface area contributed by atoms with E-state index in [2.05, 4.69) is 10.1 Å². The number of alkyl halides is 3. The van der Waals surface area contributed by atoms with E-state index in [0.717, 1.165) is 0 Å². The number of aliphatic hydroxyl groups is 1. The number of benzene rings is 1. The number of hydrogen-bond donors (Lipinski definition) is 2. The minimum Gasteiger partial charge on any atom is -0.484 e. The molecule has 0 atom stereocenters. The van der Waals surface area contributed by atoms with E-state index in [0.29, 0.717) is 12.2 Å². The highest BCUT2D eigenvalue weighted by atomic mass is 19.4. The predicted molar refractivity (Wildman–Crippen MR) is 80.6 cm³/mol. The van der Waals surface area contributed by atoms with Crippen molar-refractivity contribution >= 4 is 11.7 Å². The number of ether oxygens (including phenoxy) is 1. The van der Waals surface area contributed by atoms with Crippen molar-refractivity contribution in [2.24, 2.45) is 0 Å². The Morgan fingerprint density at radius 3 is 2.26 bits per heavy atom. The second-order valence-electron chi connectivity index (χ2n) is 5.68. The van der Waals surface area contributed by atoms with Gasteiger partial charge in [0.25, 0.3) is 0 Å². The highest BCUT2D eigenvalue weighted by Gasteiger charge is 2.28. The van der Waals surface area contributed by atoms with Crippen molar-refractivity contribution in [3.05, 3.63) is 24.3 Å². The summed E-state index contributed by atoms with van der Waals surface area (Å²) < 4.78 is 40.7.